The van der Waals surface area contributed by atoms with Crippen LogP contribution >= 0.6 is 47.2 Å². The van der Waals surface area contributed by atoms with E-state index in [1.807, 2.05) is 6.92 Å². The third-order valence-electron chi connectivity index (χ3n) is 2.66. The fraction of sp³-hybridized carbons (Fsp3) is 0.231. The standard InChI is InChI=1S/C13H11Cl2NO2S2/c1-2-3-16-12(18)10(20-13(16)19)6-7-4-8(14)11(17)9(15)5-7/h4-6,17H,2-3H2,1H3/b10-6-. The summed E-state index contributed by atoms with van der Waals surface area (Å²) in [6.07, 6.45) is 2.52. The number of hydrogen-bond donors (Lipinski definition) is 1. The SMILES string of the molecule is CCCN1C(=O)/C(=C/c2cc(Cl)c(O)c(Cl)c2)SC1=S. The van der Waals surface area contributed by atoms with Crippen molar-refractivity contribution in [3.8, 4) is 5.75 Å². The van der Waals surface area contributed by atoms with E-state index in [2.05, 4.69) is 0 Å². The van der Waals surface area contributed by atoms with Gasteiger partial charge in [0.25, 0.3) is 5.91 Å². The Morgan fingerprint density at radius 3 is 2.55 bits per heavy atom. The van der Waals surface area contributed by atoms with Crippen LogP contribution in [0.4, 0.5) is 0 Å². The number of benzene rings is 1. The van der Waals surface area contributed by atoms with Crippen LogP contribution in [0.25, 0.3) is 6.08 Å². The zero-order valence-corrected chi connectivity index (χ0v) is 13.7. The second-order valence-electron chi connectivity index (χ2n) is 4.17. The Kier molecular flexibility index (Phi) is 4.96. The van der Waals surface area contributed by atoms with Gasteiger partial charge in [-0.1, -0.05) is 54.1 Å². The topological polar surface area (TPSA) is 40.5 Å². The van der Waals surface area contributed by atoms with Crippen LogP contribution in [0.5, 0.6) is 5.75 Å². The summed E-state index contributed by atoms with van der Waals surface area (Å²) in [6.45, 7) is 2.60. The molecule has 1 heterocycles. The fourth-order valence-corrected chi connectivity index (χ4v) is 3.55. The summed E-state index contributed by atoms with van der Waals surface area (Å²) in [5.74, 6) is -0.272. The highest BCUT2D eigenvalue weighted by Crippen LogP contribution is 2.36. The van der Waals surface area contributed by atoms with E-state index in [4.69, 9.17) is 35.4 Å². The van der Waals surface area contributed by atoms with E-state index in [0.29, 0.717) is 21.3 Å². The van der Waals surface area contributed by atoms with E-state index >= 15 is 0 Å². The van der Waals surface area contributed by atoms with Crippen molar-refractivity contribution in [2.24, 2.45) is 0 Å². The lowest BCUT2D eigenvalue weighted by Crippen LogP contribution is -2.28. The third kappa shape index (κ3) is 3.11. The molecule has 0 unspecified atom stereocenters. The lowest BCUT2D eigenvalue weighted by Gasteiger charge is -2.11. The van der Waals surface area contributed by atoms with Crippen molar-refractivity contribution in [3.05, 3.63) is 32.6 Å². The van der Waals surface area contributed by atoms with Gasteiger partial charge in [-0.05, 0) is 30.2 Å². The molecule has 1 saturated heterocycles. The van der Waals surface area contributed by atoms with Gasteiger partial charge in [0, 0.05) is 6.54 Å². The number of halogens is 2. The predicted octanol–water partition coefficient (Wildman–Crippen LogP) is 4.31. The number of amides is 1. The first-order chi connectivity index (χ1) is 9.43. The molecule has 1 aliphatic rings. The van der Waals surface area contributed by atoms with E-state index in [0.717, 1.165) is 6.42 Å². The molecule has 106 valence electrons. The van der Waals surface area contributed by atoms with Gasteiger partial charge in [0.2, 0.25) is 0 Å². The average molecular weight is 348 g/mol. The monoisotopic (exact) mass is 347 g/mol. The van der Waals surface area contributed by atoms with Gasteiger partial charge in [-0.15, -0.1) is 0 Å². The van der Waals surface area contributed by atoms with Crippen LogP contribution in [-0.2, 0) is 4.79 Å². The number of thiocarbonyl (C=S) groups is 1. The van der Waals surface area contributed by atoms with Crippen LogP contribution in [0, 0.1) is 0 Å². The minimum Gasteiger partial charge on any atom is -0.505 e. The summed E-state index contributed by atoms with van der Waals surface area (Å²) >= 11 is 18.1. The van der Waals surface area contributed by atoms with Gasteiger partial charge in [0.1, 0.15) is 4.32 Å². The predicted molar refractivity (Wildman–Crippen MR) is 88.3 cm³/mol. The molecule has 0 spiro atoms. The second-order valence-corrected chi connectivity index (χ2v) is 6.66. The average Bonchev–Trinajstić information content (AvgIpc) is 2.64. The van der Waals surface area contributed by atoms with Crippen LogP contribution in [0.1, 0.15) is 18.9 Å². The normalized spacial score (nSPS) is 17.4. The Labute approximate surface area is 136 Å². The molecule has 20 heavy (non-hydrogen) atoms. The summed E-state index contributed by atoms with van der Waals surface area (Å²) in [5.41, 5.74) is 0.648. The summed E-state index contributed by atoms with van der Waals surface area (Å²) in [4.78, 5) is 14.3. The maximum absolute atomic E-state index is 12.2. The van der Waals surface area contributed by atoms with Crippen LogP contribution in [-0.4, -0.2) is 26.8 Å². The zero-order chi connectivity index (χ0) is 14.9. The molecule has 1 aromatic carbocycles. The fourth-order valence-electron chi connectivity index (χ4n) is 1.74. The van der Waals surface area contributed by atoms with Gasteiger partial charge in [0.05, 0.1) is 15.0 Å². The summed E-state index contributed by atoms with van der Waals surface area (Å²) in [5, 5.41) is 9.80. The van der Waals surface area contributed by atoms with E-state index in [1.165, 1.54) is 11.8 Å². The molecule has 0 aliphatic carbocycles. The quantitative estimate of drug-likeness (QED) is 0.653. The molecule has 1 amide bonds. The molecule has 0 radical (unpaired) electrons. The lowest BCUT2D eigenvalue weighted by molar-refractivity contribution is -0.122. The Balaban J connectivity index is 2.33. The maximum Gasteiger partial charge on any atom is 0.266 e. The van der Waals surface area contributed by atoms with Gasteiger partial charge in [-0.25, -0.2) is 0 Å². The Morgan fingerprint density at radius 1 is 1.40 bits per heavy atom. The molecule has 1 aliphatic heterocycles. The molecular weight excluding hydrogens is 337 g/mol. The minimum atomic E-state index is -0.163. The van der Waals surface area contributed by atoms with E-state index in [1.54, 1.807) is 23.1 Å². The van der Waals surface area contributed by atoms with Gasteiger partial charge in [-0.3, -0.25) is 9.69 Å². The maximum atomic E-state index is 12.2. The summed E-state index contributed by atoms with van der Waals surface area (Å²) < 4.78 is 0.555. The first-order valence-corrected chi connectivity index (χ1v) is 7.85. The number of carbonyl (C=O) groups is 1. The van der Waals surface area contributed by atoms with Crippen molar-refractivity contribution in [1.82, 2.24) is 4.90 Å². The number of thioether (sulfide) groups is 1. The smallest absolute Gasteiger partial charge is 0.266 e. The van der Waals surface area contributed by atoms with Crippen molar-refractivity contribution >= 4 is 63.5 Å². The van der Waals surface area contributed by atoms with Gasteiger partial charge in [0.15, 0.2) is 5.75 Å². The van der Waals surface area contributed by atoms with E-state index in [9.17, 15) is 9.90 Å². The molecule has 1 N–H and O–H groups in total. The Hall–Kier alpha value is -0.750. The molecule has 1 fully saturated rings. The highest BCUT2D eigenvalue weighted by Gasteiger charge is 2.31. The van der Waals surface area contributed by atoms with Gasteiger partial charge >= 0.3 is 0 Å². The number of carbonyl (C=O) groups excluding carboxylic acids is 1. The van der Waals surface area contributed by atoms with Gasteiger partial charge < -0.3 is 5.11 Å². The zero-order valence-electron chi connectivity index (χ0n) is 10.5. The molecule has 7 heteroatoms. The van der Waals surface area contributed by atoms with E-state index in [-0.39, 0.29) is 21.7 Å². The summed E-state index contributed by atoms with van der Waals surface area (Å²) in [6, 6.07) is 3.10. The van der Waals surface area contributed by atoms with Crippen LogP contribution in [0.15, 0.2) is 17.0 Å². The number of rotatable bonds is 3. The Bertz CT molecular complexity index is 593. The highest BCUT2D eigenvalue weighted by atomic mass is 35.5. The number of aromatic hydroxyl groups is 1. The van der Waals surface area contributed by atoms with Crippen molar-refractivity contribution < 1.29 is 9.90 Å². The number of nitrogens with zero attached hydrogens (tertiary/aromatic N) is 1. The lowest BCUT2D eigenvalue weighted by atomic mass is 10.2. The number of hydrogen-bond acceptors (Lipinski definition) is 4. The number of phenols is 1. The molecule has 0 bridgehead atoms. The van der Waals surface area contributed by atoms with Crippen molar-refractivity contribution in [1.29, 1.82) is 0 Å². The van der Waals surface area contributed by atoms with Crippen molar-refractivity contribution in [2.75, 3.05) is 6.54 Å². The molecule has 2 rings (SSSR count). The van der Waals surface area contributed by atoms with Crippen LogP contribution in [0.3, 0.4) is 0 Å². The van der Waals surface area contributed by atoms with Gasteiger partial charge in [-0.2, -0.15) is 0 Å². The molecule has 0 atom stereocenters. The second kappa shape index (κ2) is 6.35. The molecular formula is C13H11Cl2NO2S2. The number of phenolic OH excluding ortho intramolecular Hbond substituents is 1. The van der Waals surface area contributed by atoms with Crippen LogP contribution < -0.4 is 0 Å². The van der Waals surface area contributed by atoms with Crippen molar-refractivity contribution in [3.63, 3.8) is 0 Å². The first-order valence-electron chi connectivity index (χ1n) is 5.87. The highest BCUT2D eigenvalue weighted by molar-refractivity contribution is 8.26. The Morgan fingerprint density at radius 2 is 2.00 bits per heavy atom. The molecule has 1 aromatic rings. The molecule has 0 saturated carbocycles. The largest absolute Gasteiger partial charge is 0.505 e. The molecule has 3 nitrogen and oxygen atoms in total. The van der Waals surface area contributed by atoms with Crippen molar-refractivity contribution in [2.45, 2.75) is 13.3 Å². The summed E-state index contributed by atoms with van der Waals surface area (Å²) in [7, 11) is 0. The van der Waals surface area contributed by atoms with E-state index < -0.39 is 0 Å². The minimum absolute atomic E-state index is 0.109. The molecule has 0 aromatic heterocycles. The third-order valence-corrected chi connectivity index (χ3v) is 4.61. The van der Waals surface area contributed by atoms with Crippen LogP contribution in [0.2, 0.25) is 10.0 Å². The first kappa shape index (κ1) is 15.6.